The van der Waals surface area contributed by atoms with Crippen LogP contribution < -0.4 is 15.0 Å². The Labute approximate surface area is 158 Å². The third-order valence-corrected chi connectivity index (χ3v) is 4.98. The molecule has 2 aromatic rings. The number of anilines is 2. The number of hydrogen-bond acceptors (Lipinski definition) is 5. The molecule has 1 fully saturated rings. The van der Waals surface area contributed by atoms with Gasteiger partial charge in [-0.25, -0.2) is 0 Å². The van der Waals surface area contributed by atoms with E-state index in [1.165, 1.54) is 19.3 Å². The fraction of sp³-hybridized carbons (Fsp3) is 0.421. The third kappa shape index (κ3) is 4.07. The molecule has 26 heavy (non-hydrogen) atoms. The smallest absolute Gasteiger partial charge is 0.276 e. The molecule has 2 heterocycles. The summed E-state index contributed by atoms with van der Waals surface area (Å²) in [4.78, 5) is 14.7. The molecule has 0 aliphatic carbocycles. The molecule has 3 rings (SSSR count). The summed E-state index contributed by atoms with van der Waals surface area (Å²) in [6.45, 7) is 3.18. The molecule has 1 N–H and O–H groups in total. The van der Waals surface area contributed by atoms with Crippen LogP contribution in [0.5, 0.6) is 5.75 Å². The first-order chi connectivity index (χ1) is 12.6. The van der Waals surface area contributed by atoms with Crippen LogP contribution in [0.15, 0.2) is 30.3 Å². The van der Waals surface area contributed by atoms with Gasteiger partial charge in [0.2, 0.25) is 0 Å². The molecule has 6 nitrogen and oxygen atoms in total. The largest absolute Gasteiger partial charge is 0.495 e. The zero-order chi connectivity index (χ0) is 18.5. The lowest BCUT2D eigenvalue weighted by molar-refractivity contribution is 0.102. The molecular formula is C19H23ClN4O2. The Bertz CT molecular complexity index is 767. The number of ether oxygens (including phenoxy) is 1. The van der Waals surface area contributed by atoms with E-state index in [-0.39, 0.29) is 11.6 Å². The number of halogens is 1. The Morgan fingerprint density at radius 1 is 1.31 bits per heavy atom. The Morgan fingerprint density at radius 2 is 2.15 bits per heavy atom. The Hall–Kier alpha value is -2.34. The summed E-state index contributed by atoms with van der Waals surface area (Å²) in [6, 6.07) is 9.15. The molecule has 0 bridgehead atoms. The van der Waals surface area contributed by atoms with Crippen LogP contribution in [0.1, 0.15) is 43.1 Å². The van der Waals surface area contributed by atoms with Crippen molar-refractivity contribution in [1.82, 2.24) is 10.2 Å². The number of aromatic nitrogens is 2. The van der Waals surface area contributed by atoms with Crippen molar-refractivity contribution < 1.29 is 9.53 Å². The minimum atomic E-state index is -0.323. The van der Waals surface area contributed by atoms with Crippen LogP contribution in [0.25, 0.3) is 0 Å². The van der Waals surface area contributed by atoms with Crippen molar-refractivity contribution in [3.63, 3.8) is 0 Å². The van der Waals surface area contributed by atoms with Gasteiger partial charge in [0, 0.05) is 18.3 Å². The Balaban J connectivity index is 1.69. The monoisotopic (exact) mass is 374 g/mol. The minimum Gasteiger partial charge on any atom is -0.495 e. The molecule has 1 saturated heterocycles. The lowest BCUT2D eigenvalue weighted by atomic mass is 10.0. The highest BCUT2D eigenvalue weighted by atomic mass is 35.5. The lowest BCUT2D eigenvalue weighted by Crippen LogP contribution is -2.39. The van der Waals surface area contributed by atoms with Gasteiger partial charge in [-0.3, -0.25) is 4.79 Å². The van der Waals surface area contributed by atoms with E-state index < -0.39 is 0 Å². The average Bonchev–Trinajstić information content (AvgIpc) is 2.68. The summed E-state index contributed by atoms with van der Waals surface area (Å²) >= 11 is 6.08. The van der Waals surface area contributed by atoms with Crippen LogP contribution in [0.3, 0.4) is 0 Å². The molecular weight excluding hydrogens is 352 g/mol. The van der Waals surface area contributed by atoms with Gasteiger partial charge in [0.1, 0.15) is 5.75 Å². The Morgan fingerprint density at radius 3 is 2.81 bits per heavy atom. The van der Waals surface area contributed by atoms with Gasteiger partial charge in [0.05, 0.1) is 12.1 Å². The predicted molar refractivity (Wildman–Crippen MR) is 103 cm³/mol. The van der Waals surface area contributed by atoms with Gasteiger partial charge in [-0.05, 0) is 56.0 Å². The lowest BCUT2D eigenvalue weighted by Gasteiger charge is -2.35. The van der Waals surface area contributed by atoms with Gasteiger partial charge >= 0.3 is 0 Å². The van der Waals surface area contributed by atoms with Crippen molar-refractivity contribution in [3.8, 4) is 5.75 Å². The number of nitrogens with zero attached hydrogens (tertiary/aromatic N) is 3. The molecule has 1 amide bonds. The van der Waals surface area contributed by atoms with Crippen molar-refractivity contribution >= 4 is 29.0 Å². The van der Waals surface area contributed by atoms with Gasteiger partial charge < -0.3 is 15.0 Å². The minimum absolute atomic E-state index is 0.269. The van der Waals surface area contributed by atoms with Gasteiger partial charge in [-0.2, -0.15) is 0 Å². The SMILES string of the molecule is CCC1CCCCN1c1ccc(C(=O)Nc2ccc(OC)c(Cl)c2)nn1. The zero-order valence-electron chi connectivity index (χ0n) is 15.0. The third-order valence-electron chi connectivity index (χ3n) is 4.69. The number of carbonyl (C=O) groups is 1. The van der Waals surface area contributed by atoms with E-state index in [1.807, 2.05) is 6.07 Å². The molecule has 1 atom stereocenters. The van der Waals surface area contributed by atoms with Crippen LogP contribution >= 0.6 is 11.6 Å². The quantitative estimate of drug-likeness (QED) is 0.851. The normalized spacial score (nSPS) is 17.0. The van der Waals surface area contributed by atoms with Gasteiger partial charge in [0.25, 0.3) is 5.91 Å². The predicted octanol–water partition coefficient (Wildman–Crippen LogP) is 4.16. The van der Waals surface area contributed by atoms with Crippen molar-refractivity contribution in [1.29, 1.82) is 0 Å². The number of carbonyl (C=O) groups excluding carboxylic acids is 1. The Kier molecular flexibility index (Phi) is 5.93. The van der Waals surface area contributed by atoms with Crippen molar-refractivity contribution in [3.05, 3.63) is 41.0 Å². The van der Waals surface area contributed by atoms with Gasteiger partial charge in [0.15, 0.2) is 11.5 Å². The number of piperidine rings is 1. The second kappa shape index (κ2) is 8.36. The highest BCUT2D eigenvalue weighted by Gasteiger charge is 2.22. The summed E-state index contributed by atoms with van der Waals surface area (Å²) in [5.41, 5.74) is 0.847. The van der Waals surface area contributed by atoms with Crippen molar-refractivity contribution in [2.45, 2.75) is 38.6 Å². The number of benzene rings is 1. The fourth-order valence-corrected chi connectivity index (χ4v) is 3.52. The molecule has 138 valence electrons. The molecule has 0 saturated carbocycles. The molecule has 1 aliphatic heterocycles. The molecule has 1 aliphatic rings. The van der Waals surface area contributed by atoms with Crippen LogP contribution in [-0.4, -0.2) is 35.8 Å². The number of rotatable bonds is 5. The molecule has 1 aromatic carbocycles. The van der Waals surface area contributed by atoms with Gasteiger partial charge in [-0.15, -0.1) is 10.2 Å². The summed E-state index contributed by atoms with van der Waals surface area (Å²) in [7, 11) is 1.54. The molecule has 1 aromatic heterocycles. The number of hydrogen-bond donors (Lipinski definition) is 1. The maximum Gasteiger partial charge on any atom is 0.276 e. The van der Waals surface area contributed by atoms with Crippen LogP contribution in [0.4, 0.5) is 11.5 Å². The summed E-state index contributed by atoms with van der Waals surface area (Å²) in [5, 5.41) is 11.6. The second-order valence-corrected chi connectivity index (χ2v) is 6.74. The molecule has 7 heteroatoms. The molecule has 0 radical (unpaired) electrons. The van der Waals surface area contributed by atoms with E-state index in [9.17, 15) is 4.79 Å². The summed E-state index contributed by atoms with van der Waals surface area (Å²) in [5.74, 6) is 1.07. The number of methoxy groups -OCH3 is 1. The van der Waals surface area contributed by atoms with Crippen LogP contribution in [0.2, 0.25) is 5.02 Å². The topological polar surface area (TPSA) is 67.4 Å². The highest BCUT2D eigenvalue weighted by molar-refractivity contribution is 6.32. The van der Waals surface area contributed by atoms with E-state index in [2.05, 4.69) is 27.3 Å². The number of nitrogens with one attached hydrogen (secondary N) is 1. The number of amides is 1. The molecule has 1 unspecified atom stereocenters. The second-order valence-electron chi connectivity index (χ2n) is 6.33. The van der Waals surface area contributed by atoms with E-state index in [4.69, 9.17) is 16.3 Å². The highest BCUT2D eigenvalue weighted by Crippen LogP contribution is 2.27. The van der Waals surface area contributed by atoms with Crippen LogP contribution in [-0.2, 0) is 0 Å². The van der Waals surface area contributed by atoms with E-state index in [1.54, 1.807) is 31.4 Å². The zero-order valence-corrected chi connectivity index (χ0v) is 15.8. The first-order valence-corrected chi connectivity index (χ1v) is 9.25. The summed E-state index contributed by atoms with van der Waals surface area (Å²) in [6.07, 6.45) is 4.69. The average molecular weight is 375 g/mol. The fourth-order valence-electron chi connectivity index (χ4n) is 3.27. The van der Waals surface area contributed by atoms with E-state index in [0.29, 0.717) is 22.5 Å². The van der Waals surface area contributed by atoms with Crippen molar-refractivity contribution in [2.24, 2.45) is 0 Å². The first kappa shape index (κ1) is 18.5. The van der Waals surface area contributed by atoms with E-state index in [0.717, 1.165) is 18.8 Å². The van der Waals surface area contributed by atoms with Crippen LogP contribution in [0, 0.1) is 0 Å². The van der Waals surface area contributed by atoms with E-state index >= 15 is 0 Å². The van der Waals surface area contributed by atoms with Gasteiger partial charge in [-0.1, -0.05) is 18.5 Å². The summed E-state index contributed by atoms with van der Waals surface area (Å²) < 4.78 is 5.11. The molecule has 0 spiro atoms. The maximum atomic E-state index is 12.4. The maximum absolute atomic E-state index is 12.4. The first-order valence-electron chi connectivity index (χ1n) is 8.87. The standard InChI is InChI=1S/C19H23ClN4O2/c1-3-14-6-4-5-11-24(14)18-10-8-16(22-23-18)19(25)21-13-7-9-17(26-2)15(20)12-13/h7-10,12,14H,3-6,11H2,1-2H3,(H,21,25). The van der Waals surface area contributed by atoms with Crippen molar-refractivity contribution in [2.75, 3.05) is 23.9 Å².